The van der Waals surface area contributed by atoms with Gasteiger partial charge in [-0.3, -0.25) is 14.6 Å². The van der Waals surface area contributed by atoms with E-state index in [1.807, 2.05) is 12.1 Å². The van der Waals surface area contributed by atoms with Gasteiger partial charge in [0.15, 0.2) is 0 Å². The van der Waals surface area contributed by atoms with Crippen molar-refractivity contribution in [2.45, 2.75) is 45.2 Å². The highest BCUT2D eigenvalue weighted by molar-refractivity contribution is 5.88. The van der Waals surface area contributed by atoms with Crippen LogP contribution >= 0.6 is 0 Å². The number of hydrogen-bond donors (Lipinski definition) is 1. The lowest BCUT2D eigenvalue weighted by Gasteiger charge is -2.44. The van der Waals surface area contributed by atoms with Crippen LogP contribution in [0.2, 0.25) is 0 Å². The summed E-state index contributed by atoms with van der Waals surface area (Å²) in [4.78, 5) is 20.8. The normalized spacial score (nSPS) is 18.1. The van der Waals surface area contributed by atoms with Crippen LogP contribution in [0, 0.1) is 6.92 Å². The monoisotopic (exact) mass is 520 g/mol. The van der Waals surface area contributed by atoms with E-state index in [4.69, 9.17) is 5.73 Å². The number of piperazine rings is 1. The van der Waals surface area contributed by atoms with Crippen LogP contribution in [0.15, 0.2) is 72.8 Å². The van der Waals surface area contributed by atoms with Gasteiger partial charge in [-0.05, 0) is 72.7 Å². The smallest absolute Gasteiger partial charge is 0.288 e. The molecule has 7 nitrogen and oxygen atoms in total. The molecule has 3 heterocycles. The average molecular weight is 521 g/mol. The first-order chi connectivity index (χ1) is 19.0. The molecular formula is C32H36N6O. The molecule has 1 unspecified atom stereocenters. The summed E-state index contributed by atoms with van der Waals surface area (Å²) < 4.78 is 1.64. The lowest BCUT2D eigenvalue weighted by atomic mass is 9.98. The van der Waals surface area contributed by atoms with Crippen molar-refractivity contribution >= 4 is 5.91 Å². The molecule has 2 N–H and O–H groups in total. The second kappa shape index (κ2) is 11.1. The molecule has 2 fully saturated rings. The molecule has 39 heavy (non-hydrogen) atoms. The number of rotatable bonds is 7. The first-order valence-corrected chi connectivity index (χ1v) is 14.0. The molecule has 0 spiro atoms. The third-order valence-electron chi connectivity index (χ3n) is 8.15. The molecule has 4 aromatic rings. The molecule has 0 radical (unpaired) electrons. The van der Waals surface area contributed by atoms with Crippen molar-refractivity contribution in [3.05, 3.63) is 101 Å². The zero-order valence-electron chi connectivity index (χ0n) is 22.6. The minimum Gasteiger partial charge on any atom is -0.363 e. The van der Waals surface area contributed by atoms with Crippen molar-refractivity contribution in [2.75, 3.05) is 26.2 Å². The number of carbonyl (C=O) groups excluding carboxylic acids is 1. The van der Waals surface area contributed by atoms with Crippen LogP contribution in [0.3, 0.4) is 0 Å². The van der Waals surface area contributed by atoms with Crippen LogP contribution in [0.5, 0.6) is 0 Å². The van der Waals surface area contributed by atoms with E-state index in [9.17, 15) is 4.79 Å². The van der Waals surface area contributed by atoms with Crippen molar-refractivity contribution in [1.29, 1.82) is 0 Å². The Morgan fingerprint density at radius 1 is 0.846 bits per heavy atom. The Morgan fingerprint density at radius 2 is 1.49 bits per heavy atom. The number of hydrogen-bond acceptors (Lipinski definition) is 5. The van der Waals surface area contributed by atoms with Gasteiger partial charge in [-0.2, -0.15) is 0 Å². The quantitative estimate of drug-likeness (QED) is 0.385. The molecule has 3 aromatic carbocycles. The Hall–Kier alpha value is -3.81. The number of piperidine rings is 1. The van der Waals surface area contributed by atoms with Crippen LogP contribution in [0.1, 0.15) is 52.4 Å². The minimum atomic E-state index is -0.624. The van der Waals surface area contributed by atoms with Crippen LogP contribution in [0.25, 0.3) is 16.8 Å². The number of fused-ring (bicyclic) bond motifs is 1. The first-order valence-electron chi connectivity index (χ1n) is 14.0. The highest BCUT2D eigenvalue weighted by atomic mass is 16.1. The second-order valence-electron chi connectivity index (χ2n) is 10.9. The minimum absolute atomic E-state index is 0.0315. The number of carbonyl (C=O) groups is 1. The van der Waals surface area contributed by atoms with Gasteiger partial charge in [-0.25, -0.2) is 9.67 Å². The summed E-state index contributed by atoms with van der Waals surface area (Å²) in [5.74, 6) is 0.0347. The fourth-order valence-corrected chi connectivity index (χ4v) is 5.97. The van der Waals surface area contributed by atoms with Crippen molar-refractivity contribution < 1.29 is 4.79 Å². The molecular weight excluding hydrogens is 484 g/mol. The van der Waals surface area contributed by atoms with Gasteiger partial charge < -0.3 is 5.73 Å². The van der Waals surface area contributed by atoms with Gasteiger partial charge in [0.05, 0.1) is 5.69 Å². The van der Waals surface area contributed by atoms with Crippen molar-refractivity contribution in [3.63, 3.8) is 0 Å². The Bertz CT molecular complexity index is 1430. The summed E-state index contributed by atoms with van der Waals surface area (Å²) in [6, 6.07) is 26.9. The summed E-state index contributed by atoms with van der Waals surface area (Å²) >= 11 is 0. The van der Waals surface area contributed by atoms with Gasteiger partial charge in [-0.1, -0.05) is 67.1 Å². The van der Waals surface area contributed by atoms with Gasteiger partial charge in [0.25, 0.3) is 5.91 Å². The van der Waals surface area contributed by atoms with Crippen LogP contribution in [-0.2, 0) is 13.0 Å². The molecule has 1 aromatic heterocycles. The number of amides is 1. The molecule has 1 atom stereocenters. The maximum Gasteiger partial charge on any atom is 0.288 e. The lowest BCUT2D eigenvalue weighted by Crippen LogP contribution is -2.54. The number of nitrogens with zero attached hydrogens (tertiary/aromatic N) is 5. The molecule has 7 heteroatoms. The van der Waals surface area contributed by atoms with Gasteiger partial charge in [0.1, 0.15) is 5.82 Å². The third kappa shape index (κ3) is 5.79. The van der Waals surface area contributed by atoms with Gasteiger partial charge in [-0.15, -0.1) is 5.10 Å². The van der Waals surface area contributed by atoms with Gasteiger partial charge in [0, 0.05) is 32.2 Å². The van der Waals surface area contributed by atoms with E-state index in [0.29, 0.717) is 5.82 Å². The molecule has 2 aliphatic heterocycles. The summed E-state index contributed by atoms with van der Waals surface area (Å²) in [5.41, 5.74) is 12.5. The molecule has 200 valence electrons. The highest BCUT2D eigenvalue weighted by Crippen LogP contribution is 2.25. The van der Waals surface area contributed by atoms with E-state index in [-0.39, 0.29) is 5.82 Å². The zero-order valence-corrected chi connectivity index (χ0v) is 22.6. The Balaban J connectivity index is 1.06. The number of primary amides is 1. The predicted octanol–water partition coefficient (Wildman–Crippen LogP) is 4.60. The Kier molecular flexibility index (Phi) is 7.26. The number of nitrogens with two attached hydrogens (primary N) is 1. The van der Waals surface area contributed by atoms with Crippen LogP contribution in [0.4, 0.5) is 0 Å². The van der Waals surface area contributed by atoms with E-state index in [1.54, 1.807) is 11.6 Å². The van der Waals surface area contributed by atoms with E-state index in [2.05, 4.69) is 80.5 Å². The highest BCUT2D eigenvalue weighted by Gasteiger charge is 2.28. The summed E-state index contributed by atoms with van der Waals surface area (Å²) in [7, 11) is 0. The fraction of sp³-hybridized carbons (Fsp3) is 0.344. The van der Waals surface area contributed by atoms with Crippen LogP contribution in [-0.4, -0.2) is 62.7 Å². The van der Waals surface area contributed by atoms with Crippen molar-refractivity contribution in [2.24, 2.45) is 5.73 Å². The summed E-state index contributed by atoms with van der Waals surface area (Å²) in [6.45, 7) is 7.76. The molecule has 6 rings (SSSR count). The molecule has 2 saturated heterocycles. The topological polar surface area (TPSA) is 80.3 Å². The van der Waals surface area contributed by atoms with E-state index < -0.39 is 5.91 Å². The van der Waals surface area contributed by atoms with Crippen LogP contribution < -0.4 is 5.73 Å². The second-order valence-corrected chi connectivity index (χ2v) is 10.9. The molecule has 0 bridgehead atoms. The Labute approximate surface area is 230 Å². The lowest BCUT2D eigenvalue weighted by molar-refractivity contribution is 0.0457. The largest absolute Gasteiger partial charge is 0.363 e. The average Bonchev–Trinajstić information content (AvgIpc) is 3.36. The van der Waals surface area contributed by atoms with Gasteiger partial charge in [0.2, 0.25) is 5.82 Å². The van der Waals surface area contributed by atoms with Crippen molar-refractivity contribution in [3.8, 4) is 16.8 Å². The molecule has 1 amide bonds. The maximum absolute atomic E-state index is 11.4. The van der Waals surface area contributed by atoms with E-state index >= 15 is 0 Å². The van der Waals surface area contributed by atoms with E-state index in [1.165, 1.54) is 73.3 Å². The van der Waals surface area contributed by atoms with Gasteiger partial charge >= 0.3 is 0 Å². The maximum atomic E-state index is 11.4. The summed E-state index contributed by atoms with van der Waals surface area (Å²) in [5, 5.41) is 4.21. The molecule has 2 aliphatic rings. The third-order valence-corrected chi connectivity index (χ3v) is 8.15. The zero-order chi connectivity index (χ0) is 26.8. The van der Waals surface area contributed by atoms with Crippen molar-refractivity contribution in [1.82, 2.24) is 24.6 Å². The standard InChI is InChI=1S/C32H36N6O/c1-23-34-32(31(33)39)35-38(23)29-15-9-25(10-16-29)20-24-5-11-27(12-6-24)28-13-7-26(8-14-28)21-36-18-19-37-17-3-2-4-30(37)22-36/h5-16,30H,2-4,17-22H2,1H3,(H2,33,39). The number of aromatic nitrogens is 3. The van der Waals surface area contributed by atoms with E-state index in [0.717, 1.165) is 24.7 Å². The molecule has 0 saturated carbocycles. The Morgan fingerprint density at radius 3 is 2.13 bits per heavy atom. The fourth-order valence-electron chi connectivity index (χ4n) is 5.97. The molecule has 0 aliphatic carbocycles. The summed E-state index contributed by atoms with van der Waals surface area (Å²) in [6.07, 6.45) is 4.96. The number of aryl methyl sites for hydroxylation is 1. The first kappa shape index (κ1) is 25.5. The SMILES string of the molecule is Cc1nc(C(N)=O)nn1-c1ccc(Cc2ccc(-c3ccc(CN4CCN5CCCCC5C4)cc3)cc2)cc1. The number of benzene rings is 3. The predicted molar refractivity (Wildman–Crippen MR) is 154 cm³/mol.